The van der Waals surface area contributed by atoms with Gasteiger partial charge in [0.15, 0.2) is 0 Å². The first-order chi connectivity index (χ1) is 8.95. The van der Waals surface area contributed by atoms with E-state index in [1.165, 1.54) is 5.56 Å². The van der Waals surface area contributed by atoms with Gasteiger partial charge >= 0.3 is 0 Å². The maximum Gasteiger partial charge on any atom is 0.115 e. The molecule has 1 aliphatic rings. The molecular formula is C17H22O2. The SMILES string of the molecule is CCC1=C(O)C=CC(C(C)(C)c2ccc(O)cc2)C1. The van der Waals surface area contributed by atoms with Crippen LogP contribution in [0.3, 0.4) is 0 Å². The first kappa shape index (κ1) is 13.7. The molecule has 2 N–H and O–H groups in total. The molecule has 0 aromatic heterocycles. The number of aliphatic hydroxyl groups excluding tert-OH is 1. The van der Waals surface area contributed by atoms with Gasteiger partial charge in [0.05, 0.1) is 0 Å². The van der Waals surface area contributed by atoms with Crippen LogP contribution in [0.1, 0.15) is 39.2 Å². The molecule has 0 heterocycles. The Morgan fingerprint density at radius 1 is 1.16 bits per heavy atom. The number of aromatic hydroxyl groups is 1. The Morgan fingerprint density at radius 2 is 1.79 bits per heavy atom. The molecule has 1 unspecified atom stereocenters. The second-order valence-electron chi connectivity index (χ2n) is 5.78. The fraction of sp³-hybridized carbons (Fsp3) is 0.412. The minimum atomic E-state index is -0.0225. The second kappa shape index (κ2) is 5.12. The van der Waals surface area contributed by atoms with Gasteiger partial charge in [-0.1, -0.05) is 39.0 Å². The number of benzene rings is 1. The van der Waals surface area contributed by atoms with Crippen molar-refractivity contribution in [3.63, 3.8) is 0 Å². The lowest BCUT2D eigenvalue weighted by molar-refractivity contribution is 0.349. The molecule has 0 radical (unpaired) electrons. The topological polar surface area (TPSA) is 40.5 Å². The predicted octanol–water partition coefficient (Wildman–Crippen LogP) is 4.47. The molecule has 1 atom stereocenters. The summed E-state index contributed by atoms with van der Waals surface area (Å²) in [6.07, 6.45) is 5.71. The molecule has 1 aromatic carbocycles. The molecule has 102 valence electrons. The molecule has 0 amide bonds. The minimum absolute atomic E-state index is 0.0225. The second-order valence-corrected chi connectivity index (χ2v) is 5.78. The Bertz CT molecular complexity index is 507. The lowest BCUT2D eigenvalue weighted by Crippen LogP contribution is -2.29. The van der Waals surface area contributed by atoms with E-state index in [9.17, 15) is 10.2 Å². The van der Waals surface area contributed by atoms with E-state index in [2.05, 4.69) is 26.8 Å². The monoisotopic (exact) mass is 258 g/mol. The number of allylic oxidation sites excluding steroid dienone is 3. The zero-order valence-electron chi connectivity index (χ0n) is 11.9. The molecule has 0 spiro atoms. The van der Waals surface area contributed by atoms with Crippen molar-refractivity contribution in [2.75, 3.05) is 0 Å². The van der Waals surface area contributed by atoms with Crippen LogP contribution in [0.4, 0.5) is 0 Å². The summed E-state index contributed by atoms with van der Waals surface area (Å²) >= 11 is 0. The van der Waals surface area contributed by atoms with E-state index in [1.807, 2.05) is 18.2 Å². The Kier molecular flexibility index (Phi) is 3.70. The summed E-state index contributed by atoms with van der Waals surface area (Å²) in [4.78, 5) is 0. The summed E-state index contributed by atoms with van der Waals surface area (Å²) < 4.78 is 0. The number of phenolic OH excluding ortho intramolecular Hbond substituents is 1. The van der Waals surface area contributed by atoms with Crippen LogP contribution in [0.5, 0.6) is 5.75 Å². The maximum absolute atomic E-state index is 9.82. The number of rotatable bonds is 3. The summed E-state index contributed by atoms with van der Waals surface area (Å²) in [6, 6.07) is 7.43. The van der Waals surface area contributed by atoms with Gasteiger partial charge in [0.25, 0.3) is 0 Å². The van der Waals surface area contributed by atoms with Crippen LogP contribution in [0.25, 0.3) is 0 Å². The van der Waals surface area contributed by atoms with Gasteiger partial charge in [0.2, 0.25) is 0 Å². The van der Waals surface area contributed by atoms with Gasteiger partial charge in [-0.05, 0) is 53.5 Å². The fourth-order valence-corrected chi connectivity index (χ4v) is 2.69. The van der Waals surface area contributed by atoms with Crippen LogP contribution >= 0.6 is 0 Å². The summed E-state index contributed by atoms with van der Waals surface area (Å²) in [7, 11) is 0. The van der Waals surface area contributed by atoms with Crippen molar-refractivity contribution < 1.29 is 10.2 Å². The quantitative estimate of drug-likeness (QED) is 0.839. The van der Waals surface area contributed by atoms with Crippen molar-refractivity contribution in [2.45, 2.75) is 39.0 Å². The van der Waals surface area contributed by atoms with Crippen molar-refractivity contribution in [2.24, 2.45) is 5.92 Å². The summed E-state index contributed by atoms with van der Waals surface area (Å²) in [5, 5.41) is 19.2. The van der Waals surface area contributed by atoms with E-state index in [4.69, 9.17) is 0 Å². The van der Waals surface area contributed by atoms with Gasteiger partial charge in [-0.15, -0.1) is 0 Å². The summed E-state index contributed by atoms with van der Waals surface area (Å²) in [5.74, 6) is 1.09. The highest BCUT2D eigenvalue weighted by molar-refractivity contribution is 5.35. The molecule has 1 aromatic rings. The van der Waals surface area contributed by atoms with Gasteiger partial charge in [-0.3, -0.25) is 0 Å². The number of hydrogen-bond donors (Lipinski definition) is 2. The molecule has 0 saturated carbocycles. The summed E-state index contributed by atoms with van der Waals surface area (Å²) in [6.45, 7) is 6.50. The van der Waals surface area contributed by atoms with Crippen LogP contribution in [0.15, 0.2) is 47.7 Å². The third-order valence-corrected chi connectivity index (χ3v) is 4.28. The average Bonchev–Trinajstić information content (AvgIpc) is 2.39. The highest BCUT2D eigenvalue weighted by Crippen LogP contribution is 2.40. The lowest BCUT2D eigenvalue weighted by Gasteiger charge is -2.35. The van der Waals surface area contributed by atoms with Crippen LogP contribution < -0.4 is 0 Å². The molecule has 0 aliphatic heterocycles. The lowest BCUT2D eigenvalue weighted by atomic mass is 9.69. The first-order valence-corrected chi connectivity index (χ1v) is 6.84. The Labute approximate surface area is 115 Å². The molecule has 0 bridgehead atoms. The molecular weight excluding hydrogens is 236 g/mol. The Balaban J connectivity index is 2.27. The smallest absolute Gasteiger partial charge is 0.115 e. The highest BCUT2D eigenvalue weighted by atomic mass is 16.3. The van der Waals surface area contributed by atoms with Gasteiger partial charge in [0.1, 0.15) is 11.5 Å². The third-order valence-electron chi connectivity index (χ3n) is 4.28. The molecule has 1 aliphatic carbocycles. The van der Waals surface area contributed by atoms with Crippen molar-refractivity contribution in [1.29, 1.82) is 0 Å². The third kappa shape index (κ3) is 2.67. The Hall–Kier alpha value is -1.70. The minimum Gasteiger partial charge on any atom is -0.508 e. The fourth-order valence-electron chi connectivity index (χ4n) is 2.69. The van der Waals surface area contributed by atoms with Crippen LogP contribution in [-0.2, 0) is 5.41 Å². The van der Waals surface area contributed by atoms with Gasteiger partial charge < -0.3 is 10.2 Å². The molecule has 2 nitrogen and oxygen atoms in total. The van der Waals surface area contributed by atoms with Crippen LogP contribution in [0, 0.1) is 5.92 Å². The number of aliphatic hydroxyl groups is 1. The molecule has 0 saturated heterocycles. The maximum atomic E-state index is 9.82. The van der Waals surface area contributed by atoms with E-state index in [-0.39, 0.29) is 5.41 Å². The normalized spacial score (nSPS) is 19.8. The van der Waals surface area contributed by atoms with Crippen LogP contribution in [-0.4, -0.2) is 10.2 Å². The van der Waals surface area contributed by atoms with Crippen molar-refractivity contribution in [3.05, 3.63) is 53.3 Å². The van der Waals surface area contributed by atoms with Crippen molar-refractivity contribution >= 4 is 0 Å². The Morgan fingerprint density at radius 3 is 2.37 bits per heavy atom. The average molecular weight is 258 g/mol. The number of hydrogen-bond acceptors (Lipinski definition) is 2. The summed E-state index contributed by atoms with van der Waals surface area (Å²) in [5.41, 5.74) is 2.31. The van der Waals surface area contributed by atoms with E-state index in [1.54, 1.807) is 12.1 Å². The number of phenols is 1. The van der Waals surface area contributed by atoms with E-state index >= 15 is 0 Å². The predicted molar refractivity (Wildman–Crippen MR) is 78.3 cm³/mol. The zero-order valence-corrected chi connectivity index (χ0v) is 11.9. The molecule has 19 heavy (non-hydrogen) atoms. The van der Waals surface area contributed by atoms with Crippen molar-refractivity contribution in [1.82, 2.24) is 0 Å². The highest BCUT2D eigenvalue weighted by Gasteiger charge is 2.32. The molecule has 0 fully saturated rings. The standard InChI is InChI=1S/C17H22O2/c1-4-12-11-14(7-10-16(12)19)17(2,3)13-5-8-15(18)9-6-13/h5-10,14,18-19H,4,11H2,1-3H3. The molecule has 2 rings (SSSR count). The van der Waals surface area contributed by atoms with Gasteiger partial charge in [0, 0.05) is 0 Å². The van der Waals surface area contributed by atoms with E-state index < -0.39 is 0 Å². The van der Waals surface area contributed by atoms with E-state index in [0.717, 1.165) is 18.4 Å². The van der Waals surface area contributed by atoms with Crippen molar-refractivity contribution in [3.8, 4) is 5.75 Å². The van der Waals surface area contributed by atoms with Gasteiger partial charge in [-0.25, -0.2) is 0 Å². The van der Waals surface area contributed by atoms with Gasteiger partial charge in [-0.2, -0.15) is 0 Å². The van der Waals surface area contributed by atoms with E-state index in [0.29, 0.717) is 17.4 Å². The van der Waals surface area contributed by atoms with Crippen LogP contribution in [0.2, 0.25) is 0 Å². The first-order valence-electron chi connectivity index (χ1n) is 6.84. The zero-order chi connectivity index (χ0) is 14.0. The molecule has 2 heteroatoms. The largest absolute Gasteiger partial charge is 0.508 e.